The molecule has 2 aliphatic carbocycles. The molecule has 2 aliphatic rings. The van der Waals surface area contributed by atoms with Crippen LogP contribution in [-0.4, -0.2) is 28.1 Å². The zero-order chi connectivity index (χ0) is 19.2. The van der Waals surface area contributed by atoms with Gasteiger partial charge in [-0.05, 0) is 68.7 Å². The van der Waals surface area contributed by atoms with Gasteiger partial charge in [0, 0.05) is 29.0 Å². The molecule has 2 aromatic rings. The van der Waals surface area contributed by atoms with Gasteiger partial charge < -0.3 is 15.7 Å². The number of aliphatic hydroxyl groups is 1. The predicted octanol–water partition coefficient (Wildman–Crippen LogP) is 4.34. The highest BCUT2D eigenvalue weighted by Crippen LogP contribution is 2.56. The molecule has 1 aromatic heterocycles. The maximum Gasteiger partial charge on any atom is 0.253 e. The fourth-order valence-electron chi connectivity index (χ4n) is 4.28. The summed E-state index contributed by atoms with van der Waals surface area (Å²) in [5, 5.41) is 16.8. The first-order chi connectivity index (χ1) is 12.8. The van der Waals surface area contributed by atoms with E-state index in [4.69, 9.17) is 11.6 Å². The summed E-state index contributed by atoms with van der Waals surface area (Å²) < 4.78 is 0. The lowest BCUT2D eigenvalue weighted by Crippen LogP contribution is -2.38. The Morgan fingerprint density at radius 3 is 2.74 bits per heavy atom. The summed E-state index contributed by atoms with van der Waals surface area (Å²) >= 11 is 6.10. The first-order valence-corrected chi connectivity index (χ1v) is 9.75. The highest BCUT2D eigenvalue weighted by Gasteiger charge is 2.41. The third-order valence-corrected chi connectivity index (χ3v) is 5.66. The van der Waals surface area contributed by atoms with E-state index in [-0.39, 0.29) is 12.5 Å². The molecular weight excluding hydrogens is 362 g/mol. The van der Waals surface area contributed by atoms with E-state index in [1.807, 2.05) is 24.3 Å². The van der Waals surface area contributed by atoms with Crippen LogP contribution < -0.4 is 10.6 Å². The van der Waals surface area contributed by atoms with Crippen LogP contribution in [0.5, 0.6) is 0 Å². The summed E-state index contributed by atoms with van der Waals surface area (Å²) in [6.45, 7) is 3.56. The van der Waals surface area contributed by atoms with Crippen LogP contribution in [0.2, 0.25) is 5.02 Å². The SMILES string of the molecule is CC(C)(O)CNC(=O)c1cnc(Nc2cccc(Cl)c2)c2c1C1CCC2C1. The number of carbonyl (C=O) groups is 1. The number of aromatic nitrogens is 1. The third-order valence-electron chi connectivity index (χ3n) is 5.42. The van der Waals surface area contributed by atoms with E-state index in [2.05, 4.69) is 15.6 Å². The Hall–Kier alpha value is -2.11. The minimum absolute atomic E-state index is 0.164. The lowest BCUT2D eigenvalue weighted by Gasteiger charge is -2.23. The van der Waals surface area contributed by atoms with Gasteiger partial charge in [-0.2, -0.15) is 0 Å². The smallest absolute Gasteiger partial charge is 0.253 e. The molecule has 0 saturated heterocycles. The van der Waals surface area contributed by atoms with Crippen LogP contribution in [0.4, 0.5) is 11.5 Å². The largest absolute Gasteiger partial charge is 0.389 e. The third kappa shape index (κ3) is 3.66. The first kappa shape index (κ1) is 18.3. The van der Waals surface area contributed by atoms with Crippen molar-refractivity contribution >= 4 is 29.0 Å². The summed E-state index contributed by atoms with van der Waals surface area (Å²) in [6, 6.07) is 7.56. The van der Waals surface area contributed by atoms with Gasteiger partial charge in [-0.25, -0.2) is 4.98 Å². The van der Waals surface area contributed by atoms with Gasteiger partial charge in [-0.3, -0.25) is 4.79 Å². The van der Waals surface area contributed by atoms with Gasteiger partial charge in [0.1, 0.15) is 5.82 Å². The van der Waals surface area contributed by atoms with E-state index in [0.717, 1.165) is 36.3 Å². The molecule has 1 fully saturated rings. The molecule has 5 nitrogen and oxygen atoms in total. The number of hydrogen-bond acceptors (Lipinski definition) is 4. The molecule has 142 valence electrons. The molecule has 1 aromatic carbocycles. The second kappa shape index (κ2) is 6.80. The van der Waals surface area contributed by atoms with Crippen molar-refractivity contribution in [2.75, 3.05) is 11.9 Å². The minimum atomic E-state index is -0.945. The number of hydrogen-bond donors (Lipinski definition) is 3. The lowest BCUT2D eigenvalue weighted by molar-refractivity contribution is 0.0693. The van der Waals surface area contributed by atoms with E-state index in [0.29, 0.717) is 22.4 Å². The Morgan fingerprint density at radius 2 is 2.04 bits per heavy atom. The number of rotatable bonds is 5. The molecule has 4 rings (SSSR count). The zero-order valence-corrected chi connectivity index (χ0v) is 16.3. The van der Waals surface area contributed by atoms with Crippen LogP contribution >= 0.6 is 11.6 Å². The van der Waals surface area contributed by atoms with Crippen molar-refractivity contribution in [2.24, 2.45) is 0 Å². The molecule has 0 radical (unpaired) electrons. The Bertz CT molecular complexity index is 891. The van der Waals surface area contributed by atoms with Gasteiger partial charge in [0.2, 0.25) is 0 Å². The van der Waals surface area contributed by atoms with Gasteiger partial charge in [0.25, 0.3) is 5.91 Å². The number of pyridine rings is 1. The van der Waals surface area contributed by atoms with E-state index < -0.39 is 5.60 Å². The number of amides is 1. The molecule has 1 amide bonds. The molecular formula is C21H24ClN3O2. The molecule has 1 saturated carbocycles. The van der Waals surface area contributed by atoms with Crippen molar-refractivity contribution in [1.29, 1.82) is 0 Å². The summed E-state index contributed by atoms with van der Waals surface area (Å²) in [7, 11) is 0. The molecule has 3 N–H and O–H groups in total. The monoisotopic (exact) mass is 385 g/mol. The van der Waals surface area contributed by atoms with Gasteiger partial charge in [0.15, 0.2) is 0 Å². The number of fused-ring (bicyclic) bond motifs is 5. The van der Waals surface area contributed by atoms with Gasteiger partial charge >= 0.3 is 0 Å². The second-order valence-corrected chi connectivity index (χ2v) is 8.62. The molecule has 0 spiro atoms. The Kier molecular flexibility index (Phi) is 4.60. The van der Waals surface area contributed by atoms with Crippen molar-refractivity contribution in [3.8, 4) is 0 Å². The van der Waals surface area contributed by atoms with Crippen LogP contribution in [0.25, 0.3) is 0 Å². The second-order valence-electron chi connectivity index (χ2n) is 8.19. The van der Waals surface area contributed by atoms with E-state index >= 15 is 0 Å². The van der Waals surface area contributed by atoms with Crippen molar-refractivity contribution in [3.05, 3.63) is 52.2 Å². The van der Waals surface area contributed by atoms with Crippen LogP contribution in [0, 0.1) is 0 Å². The summed E-state index contributed by atoms with van der Waals surface area (Å²) in [4.78, 5) is 17.3. The van der Waals surface area contributed by atoms with Gasteiger partial charge in [0.05, 0.1) is 11.2 Å². The van der Waals surface area contributed by atoms with Crippen molar-refractivity contribution in [1.82, 2.24) is 10.3 Å². The molecule has 2 bridgehead atoms. The number of anilines is 2. The molecule has 0 aliphatic heterocycles. The average Bonchev–Trinajstić information content (AvgIpc) is 3.22. The Labute approximate surface area is 164 Å². The van der Waals surface area contributed by atoms with Crippen LogP contribution in [0.3, 0.4) is 0 Å². The number of halogens is 1. The molecule has 2 atom stereocenters. The molecule has 1 heterocycles. The number of nitrogens with zero attached hydrogens (tertiary/aromatic N) is 1. The number of nitrogens with one attached hydrogen (secondary N) is 2. The summed E-state index contributed by atoms with van der Waals surface area (Å²) in [5.74, 6) is 1.51. The fourth-order valence-corrected chi connectivity index (χ4v) is 4.47. The summed E-state index contributed by atoms with van der Waals surface area (Å²) in [5.41, 5.74) is 2.87. The number of carbonyl (C=O) groups excluding carboxylic acids is 1. The maximum absolute atomic E-state index is 12.7. The van der Waals surface area contributed by atoms with E-state index in [1.165, 1.54) is 5.56 Å². The minimum Gasteiger partial charge on any atom is -0.389 e. The topological polar surface area (TPSA) is 74.2 Å². The first-order valence-electron chi connectivity index (χ1n) is 9.38. The standard InChI is InChI=1S/C21H24ClN3O2/c1-21(2,27)11-24-20(26)16-10-23-19(25-15-5-3-4-14(22)9-15)18-13-7-6-12(8-13)17(16)18/h3-5,9-10,12-13,27H,6-8,11H2,1-2H3,(H,23,25)(H,24,26). The van der Waals surface area contributed by atoms with Crippen molar-refractivity contribution in [2.45, 2.75) is 50.5 Å². The highest BCUT2D eigenvalue weighted by molar-refractivity contribution is 6.30. The van der Waals surface area contributed by atoms with E-state index in [9.17, 15) is 9.90 Å². The van der Waals surface area contributed by atoms with E-state index in [1.54, 1.807) is 20.0 Å². The van der Waals surface area contributed by atoms with Crippen LogP contribution in [0.1, 0.15) is 66.4 Å². The van der Waals surface area contributed by atoms with Crippen molar-refractivity contribution < 1.29 is 9.90 Å². The number of benzene rings is 1. The summed E-state index contributed by atoms with van der Waals surface area (Å²) in [6.07, 6.45) is 4.99. The lowest BCUT2D eigenvalue weighted by atomic mass is 9.89. The van der Waals surface area contributed by atoms with Crippen molar-refractivity contribution in [3.63, 3.8) is 0 Å². The maximum atomic E-state index is 12.7. The normalized spacial score (nSPS) is 20.4. The predicted molar refractivity (Wildman–Crippen MR) is 107 cm³/mol. The average molecular weight is 386 g/mol. The van der Waals surface area contributed by atoms with Crippen LogP contribution in [-0.2, 0) is 0 Å². The Balaban J connectivity index is 1.67. The quantitative estimate of drug-likeness (QED) is 0.715. The zero-order valence-electron chi connectivity index (χ0n) is 15.6. The Morgan fingerprint density at radius 1 is 1.30 bits per heavy atom. The molecule has 2 unspecified atom stereocenters. The van der Waals surface area contributed by atoms with Gasteiger partial charge in [-0.15, -0.1) is 0 Å². The highest BCUT2D eigenvalue weighted by atomic mass is 35.5. The van der Waals surface area contributed by atoms with Gasteiger partial charge in [-0.1, -0.05) is 17.7 Å². The molecule has 27 heavy (non-hydrogen) atoms. The fraction of sp³-hybridized carbons (Fsp3) is 0.429. The molecule has 6 heteroatoms. The van der Waals surface area contributed by atoms with Crippen LogP contribution in [0.15, 0.2) is 30.5 Å².